The van der Waals surface area contributed by atoms with Crippen LogP contribution in [0.15, 0.2) is 30.5 Å². The molecule has 0 aliphatic heterocycles. The second-order valence-corrected chi connectivity index (χ2v) is 5.76. The minimum atomic E-state index is -2.88. The monoisotopic (exact) mass is 362 g/mol. The summed E-state index contributed by atoms with van der Waals surface area (Å²) >= 11 is 0. The summed E-state index contributed by atoms with van der Waals surface area (Å²) in [6.45, 7) is 0.222. The molecule has 0 aliphatic rings. The van der Waals surface area contributed by atoms with E-state index in [0.29, 0.717) is 22.4 Å². The van der Waals surface area contributed by atoms with E-state index in [1.54, 1.807) is 29.1 Å². The molecule has 0 aliphatic carbocycles. The maximum absolute atomic E-state index is 12.6. The van der Waals surface area contributed by atoms with Gasteiger partial charge in [-0.2, -0.15) is 18.9 Å². The molecule has 2 heterocycles. The summed E-state index contributed by atoms with van der Waals surface area (Å²) in [7, 11) is 0. The van der Waals surface area contributed by atoms with Crippen molar-refractivity contribution in [2.45, 2.75) is 32.9 Å². The summed E-state index contributed by atoms with van der Waals surface area (Å²) in [6.07, 6.45) is 3.74. The Kier molecular flexibility index (Phi) is 5.45. The molecule has 1 aromatic carbocycles. The van der Waals surface area contributed by atoms with Gasteiger partial charge in [0.2, 0.25) is 5.95 Å². The molecule has 0 spiro atoms. The molecule has 0 saturated heterocycles. The molecule has 3 N–H and O–H groups in total. The molecule has 2 aromatic heterocycles. The molecule has 26 heavy (non-hydrogen) atoms. The fraction of sp³-hybridized carbons (Fsp3) is 0.353. The highest BCUT2D eigenvalue weighted by Gasteiger charge is 2.13. The number of anilines is 2. The lowest BCUT2D eigenvalue weighted by Crippen LogP contribution is -2.08. The van der Waals surface area contributed by atoms with Gasteiger partial charge in [-0.1, -0.05) is 31.5 Å². The highest BCUT2D eigenvalue weighted by atomic mass is 19.3. The van der Waals surface area contributed by atoms with Gasteiger partial charge in [0.1, 0.15) is 11.3 Å². The smallest absolute Gasteiger partial charge is 0.387 e. The SMILES string of the molecule is CCCCNc1nc(N)nc2cn(Cc3ccccc3OC(F)F)nc12. The average Bonchev–Trinajstić information content (AvgIpc) is 2.98. The van der Waals surface area contributed by atoms with Crippen LogP contribution in [-0.4, -0.2) is 32.9 Å². The van der Waals surface area contributed by atoms with Crippen LogP contribution in [0, 0.1) is 0 Å². The summed E-state index contributed by atoms with van der Waals surface area (Å²) in [6, 6.07) is 6.61. The van der Waals surface area contributed by atoms with Crippen LogP contribution in [0.25, 0.3) is 11.0 Å². The van der Waals surface area contributed by atoms with Gasteiger partial charge in [-0.3, -0.25) is 4.68 Å². The number of alkyl halides is 2. The van der Waals surface area contributed by atoms with E-state index >= 15 is 0 Å². The Labute approximate surface area is 149 Å². The van der Waals surface area contributed by atoms with Crippen LogP contribution in [-0.2, 0) is 6.54 Å². The van der Waals surface area contributed by atoms with E-state index in [-0.39, 0.29) is 18.2 Å². The predicted octanol–water partition coefficient (Wildman–Crippen LogP) is 3.27. The summed E-state index contributed by atoms with van der Waals surface area (Å²) in [5.41, 5.74) is 7.52. The quantitative estimate of drug-likeness (QED) is 0.598. The Balaban J connectivity index is 1.89. The van der Waals surface area contributed by atoms with Gasteiger partial charge in [-0.05, 0) is 12.5 Å². The van der Waals surface area contributed by atoms with E-state index in [0.717, 1.165) is 19.4 Å². The van der Waals surface area contributed by atoms with Gasteiger partial charge in [0.25, 0.3) is 0 Å². The van der Waals surface area contributed by atoms with Gasteiger partial charge >= 0.3 is 6.61 Å². The van der Waals surface area contributed by atoms with E-state index in [1.807, 2.05) is 0 Å². The van der Waals surface area contributed by atoms with E-state index in [9.17, 15) is 8.78 Å². The predicted molar refractivity (Wildman–Crippen MR) is 95.3 cm³/mol. The number of nitrogens with two attached hydrogens (primary N) is 1. The number of nitrogen functional groups attached to an aromatic ring is 1. The molecule has 9 heteroatoms. The van der Waals surface area contributed by atoms with Crippen molar-refractivity contribution in [1.82, 2.24) is 19.7 Å². The number of rotatable bonds is 8. The fourth-order valence-electron chi connectivity index (χ4n) is 2.58. The highest BCUT2D eigenvalue weighted by Crippen LogP contribution is 2.24. The van der Waals surface area contributed by atoms with Crippen molar-refractivity contribution in [2.24, 2.45) is 0 Å². The summed E-state index contributed by atoms with van der Waals surface area (Å²) < 4.78 is 31.3. The van der Waals surface area contributed by atoms with E-state index in [4.69, 9.17) is 5.73 Å². The molecule has 0 unspecified atom stereocenters. The molecule has 7 nitrogen and oxygen atoms in total. The lowest BCUT2D eigenvalue weighted by atomic mass is 10.2. The largest absolute Gasteiger partial charge is 0.434 e. The second kappa shape index (κ2) is 7.94. The Morgan fingerprint density at radius 3 is 2.85 bits per heavy atom. The molecular weight excluding hydrogens is 342 g/mol. The molecule has 3 aromatic rings. The van der Waals surface area contributed by atoms with Gasteiger partial charge in [-0.15, -0.1) is 0 Å². The Hall–Kier alpha value is -2.97. The molecule has 3 rings (SSSR count). The van der Waals surface area contributed by atoms with Crippen LogP contribution in [0.4, 0.5) is 20.5 Å². The first kappa shape index (κ1) is 17.8. The molecule has 0 bridgehead atoms. The van der Waals surface area contributed by atoms with E-state index in [2.05, 4.69) is 32.0 Å². The van der Waals surface area contributed by atoms with Gasteiger partial charge < -0.3 is 15.8 Å². The molecule has 0 radical (unpaired) electrons. The molecule has 0 saturated carbocycles. The minimum absolute atomic E-state index is 0.119. The van der Waals surface area contributed by atoms with Crippen molar-refractivity contribution in [3.05, 3.63) is 36.0 Å². The summed E-state index contributed by atoms with van der Waals surface area (Å²) in [5.74, 6) is 0.836. The van der Waals surface area contributed by atoms with Crippen molar-refractivity contribution in [1.29, 1.82) is 0 Å². The van der Waals surface area contributed by atoms with Gasteiger partial charge in [0.15, 0.2) is 11.3 Å². The number of ether oxygens (including phenoxy) is 1. The van der Waals surface area contributed by atoms with Crippen molar-refractivity contribution in [3.8, 4) is 5.75 Å². The third kappa shape index (κ3) is 4.16. The Morgan fingerprint density at radius 1 is 1.27 bits per heavy atom. The lowest BCUT2D eigenvalue weighted by molar-refractivity contribution is -0.0505. The highest BCUT2D eigenvalue weighted by molar-refractivity contribution is 5.85. The van der Waals surface area contributed by atoms with Gasteiger partial charge in [0, 0.05) is 12.1 Å². The zero-order chi connectivity index (χ0) is 18.5. The second-order valence-electron chi connectivity index (χ2n) is 5.76. The summed E-state index contributed by atoms with van der Waals surface area (Å²) in [5, 5.41) is 7.69. The van der Waals surface area contributed by atoms with E-state index < -0.39 is 6.61 Å². The first-order valence-electron chi connectivity index (χ1n) is 8.34. The summed E-state index contributed by atoms with van der Waals surface area (Å²) in [4.78, 5) is 8.40. The van der Waals surface area contributed by atoms with Crippen LogP contribution >= 0.6 is 0 Å². The molecule has 138 valence electrons. The van der Waals surface area contributed by atoms with Crippen LogP contribution in [0.2, 0.25) is 0 Å². The number of benzene rings is 1. The molecular formula is C17H20F2N6O. The van der Waals surface area contributed by atoms with Crippen LogP contribution in [0.1, 0.15) is 25.3 Å². The van der Waals surface area contributed by atoms with Gasteiger partial charge in [0.05, 0.1) is 12.7 Å². The number of fused-ring (bicyclic) bond motifs is 1. The van der Waals surface area contributed by atoms with Gasteiger partial charge in [-0.25, -0.2) is 4.98 Å². The standard InChI is InChI=1S/C17H20F2N6O/c1-2-3-8-21-15-14-12(22-17(20)23-15)10-25(24-14)9-11-6-4-5-7-13(11)26-16(18)19/h4-7,10,16H,2-3,8-9H2,1H3,(H3,20,21,22,23). The Morgan fingerprint density at radius 2 is 2.08 bits per heavy atom. The number of halogens is 2. The topological polar surface area (TPSA) is 90.9 Å². The third-order valence-corrected chi connectivity index (χ3v) is 3.77. The first-order chi connectivity index (χ1) is 12.6. The molecule has 0 fully saturated rings. The average molecular weight is 362 g/mol. The number of unbranched alkanes of at least 4 members (excludes halogenated alkanes) is 1. The fourth-order valence-corrected chi connectivity index (χ4v) is 2.58. The Bertz CT molecular complexity index is 883. The van der Waals surface area contributed by atoms with Crippen LogP contribution in [0.5, 0.6) is 5.75 Å². The first-order valence-corrected chi connectivity index (χ1v) is 8.34. The van der Waals surface area contributed by atoms with Crippen molar-refractivity contribution >= 4 is 22.8 Å². The zero-order valence-corrected chi connectivity index (χ0v) is 14.3. The maximum atomic E-state index is 12.6. The van der Waals surface area contributed by atoms with Crippen molar-refractivity contribution in [3.63, 3.8) is 0 Å². The van der Waals surface area contributed by atoms with E-state index in [1.165, 1.54) is 6.07 Å². The zero-order valence-electron chi connectivity index (χ0n) is 14.3. The third-order valence-electron chi connectivity index (χ3n) is 3.77. The normalized spacial score (nSPS) is 11.2. The number of nitrogens with one attached hydrogen (secondary N) is 1. The van der Waals surface area contributed by atoms with Crippen LogP contribution in [0.3, 0.4) is 0 Å². The number of para-hydroxylation sites is 1. The van der Waals surface area contributed by atoms with Crippen molar-refractivity contribution < 1.29 is 13.5 Å². The maximum Gasteiger partial charge on any atom is 0.387 e. The molecule has 0 atom stereocenters. The number of aromatic nitrogens is 4. The molecule has 0 amide bonds. The van der Waals surface area contributed by atoms with Crippen molar-refractivity contribution in [2.75, 3.05) is 17.6 Å². The number of hydrogen-bond donors (Lipinski definition) is 2. The lowest BCUT2D eigenvalue weighted by Gasteiger charge is -2.10. The minimum Gasteiger partial charge on any atom is -0.434 e. The van der Waals surface area contributed by atoms with Crippen LogP contribution < -0.4 is 15.8 Å². The number of hydrogen-bond acceptors (Lipinski definition) is 6. The number of nitrogens with zero attached hydrogens (tertiary/aromatic N) is 4.